The molecule has 3 nitrogen and oxygen atoms in total. The first-order chi connectivity index (χ1) is 9.11. The first-order valence-electron chi connectivity index (χ1n) is 6.60. The summed E-state index contributed by atoms with van der Waals surface area (Å²) in [5.74, 6) is 0.899. The average Bonchev–Trinajstić information content (AvgIpc) is 2.42. The predicted octanol–water partition coefficient (Wildman–Crippen LogP) is 3.60. The number of pyridine rings is 1. The molecule has 1 heterocycles. The molecule has 3 heteroatoms. The van der Waals surface area contributed by atoms with Crippen molar-refractivity contribution in [2.45, 2.75) is 26.9 Å². The molecular weight excluding hydrogens is 236 g/mol. The fourth-order valence-corrected chi connectivity index (χ4v) is 2.01. The molecule has 100 valence electrons. The quantitative estimate of drug-likeness (QED) is 0.908. The molecule has 2 aromatic rings. The molecule has 0 unspecified atom stereocenters. The Morgan fingerprint density at radius 2 is 1.84 bits per heavy atom. The number of aryl methyl sites for hydroxylation is 1. The third-order valence-electron chi connectivity index (χ3n) is 3.19. The summed E-state index contributed by atoms with van der Waals surface area (Å²) in [5, 5.41) is 9.50. The molecule has 0 aliphatic rings. The molecule has 0 aliphatic heterocycles. The number of aliphatic hydroxyl groups is 1. The van der Waals surface area contributed by atoms with Crippen molar-refractivity contribution in [3.05, 3.63) is 53.7 Å². The molecule has 1 aromatic carbocycles. The van der Waals surface area contributed by atoms with Crippen molar-refractivity contribution in [2.75, 3.05) is 11.4 Å². The van der Waals surface area contributed by atoms with Crippen molar-refractivity contribution in [3.63, 3.8) is 0 Å². The van der Waals surface area contributed by atoms with E-state index in [1.807, 2.05) is 12.1 Å². The molecule has 0 fully saturated rings. The Morgan fingerprint density at radius 3 is 2.32 bits per heavy atom. The van der Waals surface area contributed by atoms with Crippen LogP contribution in [0.25, 0.3) is 0 Å². The van der Waals surface area contributed by atoms with E-state index in [2.05, 4.69) is 48.0 Å². The van der Waals surface area contributed by atoms with Gasteiger partial charge in [-0.1, -0.05) is 23.8 Å². The molecule has 0 bridgehead atoms. The van der Waals surface area contributed by atoms with Crippen LogP contribution in [-0.2, 0) is 0 Å². The summed E-state index contributed by atoms with van der Waals surface area (Å²) in [6.07, 6.45) is 1.26. The Balaban J connectivity index is 2.28. The van der Waals surface area contributed by atoms with E-state index in [0.717, 1.165) is 23.6 Å². The topological polar surface area (TPSA) is 36.4 Å². The Hall–Kier alpha value is -1.87. The monoisotopic (exact) mass is 256 g/mol. The van der Waals surface area contributed by atoms with Gasteiger partial charge in [-0.2, -0.15) is 0 Å². The van der Waals surface area contributed by atoms with Gasteiger partial charge in [-0.25, -0.2) is 4.98 Å². The minimum atomic E-state index is -0.476. The molecular formula is C16H20N2O. The summed E-state index contributed by atoms with van der Waals surface area (Å²) >= 11 is 0. The van der Waals surface area contributed by atoms with Crippen LogP contribution in [0.4, 0.5) is 11.5 Å². The second kappa shape index (κ2) is 5.85. The molecule has 0 saturated heterocycles. The van der Waals surface area contributed by atoms with Gasteiger partial charge in [0.15, 0.2) is 0 Å². The Bertz CT molecular complexity index is 517. The highest BCUT2D eigenvalue weighted by atomic mass is 16.3. The number of aromatic nitrogens is 1. The Kier molecular flexibility index (Phi) is 4.17. The van der Waals surface area contributed by atoms with Gasteiger partial charge in [-0.05, 0) is 44.5 Å². The van der Waals surface area contributed by atoms with Crippen LogP contribution in [0.15, 0.2) is 42.6 Å². The van der Waals surface area contributed by atoms with Crippen molar-refractivity contribution >= 4 is 11.5 Å². The second-order valence-corrected chi connectivity index (χ2v) is 4.71. The van der Waals surface area contributed by atoms with E-state index in [1.165, 1.54) is 5.56 Å². The van der Waals surface area contributed by atoms with Crippen molar-refractivity contribution in [1.82, 2.24) is 4.98 Å². The van der Waals surface area contributed by atoms with E-state index < -0.39 is 6.10 Å². The van der Waals surface area contributed by atoms with E-state index >= 15 is 0 Å². The third-order valence-corrected chi connectivity index (χ3v) is 3.19. The maximum Gasteiger partial charge on any atom is 0.132 e. The fraction of sp³-hybridized carbons (Fsp3) is 0.312. The predicted molar refractivity (Wildman–Crippen MR) is 78.7 cm³/mol. The average molecular weight is 256 g/mol. The van der Waals surface area contributed by atoms with Gasteiger partial charge in [-0.3, -0.25) is 0 Å². The zero-order valence-corrected chi connectivity index (χ0v) is 11.7. The van der Waals surface area contributed by atoms with E-state index in [9.17, 15) is 5.11 Å². The smallest absolute Gasteiger partial charge is 0.132 e. The van der Waals surface area contributed by atoms with Gasteiger partial charge in [0.2, 0.25) is 0 Å². The molecule has 1 N–H and O–H groups in total. The van der Waals surface area contributed by atoms with E-state index in [0.29, 0.717) is 0 Å². The molecule has 0 amide bonds. The zero-order chi connectivity index (χ0) is 13.8. The molecule has 0 spiro atoms. The number of rotatable bonds is 4. The highest BCUT2D eigenvalue weighted by Crippen LogP contribution is 2.24. The van der Waals surface area contributed by atoms with Crippen LogP contribution in [0, 0.1) is 6.92 Å². The second-order valence-electron chi connectivity index (χ2n) is 4.71. The zero-order valence-electron chi connectivity index (χ0n) is 11.7. The number of aliphatic hydroxyl groups excluding tert-OH is 1. The molecule has 1 aromatic heterocycles. The van der Waals surface area contributed by atoms with E-state index in [1.54, 1.807) is 13.1 Å². The first-order valence-corrected chi connectivity index (χ1v) is 6.60. The van der Waals surface area contributed by atoms with Crippen LogP contribution in [0.3, 0.4) is 0 Å². The first kappa shape index (κ1) is 13.6. The van der Waals surface area contributed by atoms with Crippen LogP contribution in [0.5, 0.6) is 0 Å². The van der Waals surface area contributed by atoms with Crippen LogP contribution < -0.4 is 4.90 Å². The summed E-state index contributed by atoms with van der Waals surface area (Å²) < 4.78 is 0. The number of benzene rings is 1. The lowest BCUT2D eigenvalue weighted by Gasteiger charge is -2.22. The highest BCUT2D eigenvalue weighted by Gasteiger charge is 2.09. The van der Waals surface area contributed by atoms with Gasteiger partial charge in [0.1, 0.15) is 5.82 Å². The van der Waals surface area contributed by atoms with Crippen LogP contribution in [0.2, 0.25) is 0 Å². The van der Waals surface area contributed by atoms with Crippen LogP contribution in [-0.4, -0.2) is 16.6 Å². The lowest BCUT2D eigenvalue weighted by molar-refractivity contribution is 0.199. The summed E-state index contributed by atoms with van der Waals surface area (Å²) in [7, 11) is 0. The maximum absolute atomic E-state index is 9.50. The Morgan fingerprint density at radius 1 is 1.16 bits per heavy atom. The molecule has 19 heavy (non-hydrogen) atoms. The van der Waals surface area contributed by atoms with Crippen LogP contribution in [0.1, 0.15) is 31.1 Å². The Labute approximate surface area is 114 Å². The van der Waals surface area contributed by atoms with Gasteiger partial charge in [-0.15, -0.1) is 0 Å². The van der Waals surface area contributed by atoms with Gasteiger partial charge in [0.25, 0.3) is 0 Å². The SMILES string of the molecule is CCN(c1ccc(C)cc1)c1ccc([C@@H](C)O)cn1. The summed E-state index contributed by atoms with van der Waals surface area (Å²) in [5.41, 5.74) is 3.21. The molecule has 0 aliphatic carbocycles. The molecule has 0 saturated carbocycles. The normalized spacial score (nSPS) is 12.2. The fourth-order valence-electron chi connectivity index (χ4n) is 2.01. The maximum atomic E-state index is 9.50. The minimum absolute atomic E-state index is 0.476. The van der Waals surface area contributed by atoms with E-state index in [-0.39, 0.29) is 0 Å². The number of hydrogen-bond acceptors (Lipinski definition) is 3. The van der Waals surface area contributed by atoms with Gasteiger partial charge >= 0.3 is 0 Å². The summed E-state index contributed by atoms with van der Waals surface area (Å²) in [6, 6.07) is 12.3. The largest absolute Gasteiger partial charge is 0.389 e. The number of nitrogens with zero attached hydrogens (tertiary/aromatic N) is 2. The van der Waals surface area contributed by atoms with Crippen LogP contribution >= 0.6 is 0 Å². The number of hydrogen-bond donors (Lipinski definition) is 1. The van der Waals surface area contributed by atoms with Crippen molar-refractivity contribution in [2.24, 2.45) is 0 Å². The summed E-state index contributed by atoms with van der Waals surface area (Å²) in [4.78, 5) is 6.58. The van der Waals surface area contributed by atoms with Crippen molar-refractivity contribution in [3.8, 4) is 0 Å². The van der Waals surface area contributed by atoms with E-state index in [4.69, 9.17) is 0 Å². The lowest BCUT2D eigenvalue weighted by Crippen LogP contribution is -2.17. The van der Waals surface area contributed by atoms with Crippen molar-refractivity contribution < 1.29 is 5.11 Å². The standard InChI is InChI=1S/C16H20N2O/c1-4-18(15-8-5-12(2)6-9-15)16-10-7-14(11-17-16)13(3)19/h5-11,13,19H,4H2,1-3H3/t13-/m1/s1. The highest BCUT2D eigenvalue weighted by molar-refractivity contribution is 5.60. The van der Waals surface area contributed by atoms with Gasteiger partial charge in [0, 0.05) is 18.4 Å². The van der Waals surface area contributed by atoms with Gasteiger partial charge < -0.3 is 10.0 Å². The third kappa shape index (κ3) is 3.12. The summed E-state index contributed by atoms with van der Waals surface area (Å²) in [6.45, 7) is 6.78. The lowest BCUT2D eigenvalue weighted by atomic mass is 10.2. The number of anilines is 2. The van der Waals surface area contributed by atoms with Crippen molar-refractivity contribution in [1.29, 1.82) is 0 Å². The molecule has 2 rings (SSSR count). The molecule has 0 radical (unpaired) electrons. The minimum Gasteiger partial charge on any atom is -0.389 e. The molecule has 1 atom stereocenters. The van der Waals surface area contributed by atoms with Gasteiger partial charge in [0.05, 0.1) is 6.10 Å².